The molecule has 0 fully saturated rings. The van der Waals surface area contributed by atoms with Crippen molar-refractivity contribution in [2.24, 2.45) is 11.7 Å². The minimum absolute atomic E-state index is 0.423. The smallest absolute Gasteiger partial charge is 0.104 e. The van der Waals surface area contributed by atoms with Crippen LogP contribution in [0.2, 0.25) is 0 Å². The van der Waals surface area contributed by atoms with E-state index >= 15 is 0 Å². The highest BCUT2D eigenvalue weighted by Gasteiger charge is 2.11. The van der Waals surface area contributed by atoms with Crippen molar-refractivity contribution in [3.8, 4) is 0 Å². The molecule has 0 spiro atoms. The fraction of sp³-hybridized carbons (Fsp3) is 0.462. The molecule has 94 valence electrons. The maximum absolute atomic E-state index is 5.59. The minimum Gasteiger partial charge on any atom is -0.389 e. The second kappa shape index (κ2) is 6.36. The molecular weight excluding hydrogens is 296 g/mol. The van der Waals surface area contributed by atoms with Crippen molar-refractivity contribution < 1.29 is 0 Å². The molecule has 0 saturated carbocycles. The van der Waals surface area contributed by atoms with Crippen LogP contribution >= 0.6 is 28.1 Å². The molecule has 2 unspecified atom stereocenters. The average Bonchev–Trinajstić information content (AvgIpc) is 2.30. The normalized spacial score (nSPS) is 14.1. The van der Waals surface area contributed by atoms with Crippen LogP contribution in [0, 0.1) is 5.92 Å². The van der Waals surface area contributed by atoms with Gasteiger partial charge in [-0.25, -0.2) is 0 Å². The van der Waals surface area contributed by atoms with Crippen molar-refractivity contribution in [3.63, 3.8) is 0 Å². The monoisotopic (exact) mass is 314 g/mol. The third-order valence-corrected chi connectivity index (χ3v) is 4.03. The van der Waals surface area contributed by atoms with Crippen molar-refractivity contribution in [2.45, 2.75) is 33.2 Å². The first-order valence-electron chi connectivity index (χ1n) is 5.81. The Morgan fingerprint density at radius 1 is 1.47 bits per heavy atom. The van der Waals surface area contributed by atoms with Crippen LogP contribution in [-0.4, -0.2) is 11.0 Å². The fourth-order valence-corrected chi connectivity index (χ4v) is 2.15. The summed E-state index contributed by atoms with van der Waals surface area (Å²) in [7, 11) is 0. The number of halogens is 1. The van der Waals surface area contributed by atoms with E-state index in [-0.39, 0.29) is 0 Å². The molecule has 17 heavy (non-hydrogen) atoms. The predicted octanol–water partition coefficient (Wildman–Crippen LogP) is 3.93. The highest BCUT2D eigenvalue weighted by molar-refractivity contribution is 9.10. The van der Waals surface area contributed by atoms with Gasteiger partial charge in [-0.05, 0) is 47.0 Å². The van der Waals surface area contributed by atoms with E-state index in [1.807, 2.05) is 18.2 Å². The molecule has 4 heteroatoms. The molecule has 0 saturated heterocycles. The zero-order valence-corrected chi connectivity index (χ0v) is 12.9. The Morgan fingerprint density at radius 2 is 2.12 bits per heavy atom. The first-order chi connectivity index (χ1) is 7.95. The van der Waals surface area contributed by atoms with E-state index in [1.165, 1.54) is 0 Å². The Labute approximate surface area is 117 Å². The lowest BCUT2D eigenvalue weighted by Gasteiger charge is -2.22. The maximum atomic E-state index is 5.59. The number of rotatable bonds is 5. The summed E-state index contributed by atoms with van der Waals surface area (Å²) in [6.45, 7) is 6.64. The third-order valence-electron chi connectivity index (χ3n) is 3.13. The summed E-state index contributed by atoms with van der Waals surface area (Å²) in [5.41, 5.74) is 7.56. The van der Waals surface area contributed by atoms with Gasteiger partial charge in [-0.1, -0.05) is 32.5 Å². The lowest BCUT2D eigenvalue weighted by Crippen LogP contribution is -2.23. The standard InChI is InChI=1S/C13H19BrN2S/c1-4-8(2)9(3)16-12-6-5-10(13(15)17)7-11(12)14/h5-9,16H,4H2,1-3H3,(H2,15,17). The lowest BCUT2D eigenvalue weighted by molar-refractivity contribution is 0.494. The van der Waals surface area contributed by atoms with Gasteiger partial charge in [-0.3, -0.25) is 0 Å². The van der Waals surface area contributed by atoms with Crippen LogP contribution in [0.3, 0.4) is 0 Å². The molecule has 0 amide bonds. The van der Waals surface area contributed by atoms with Crippen LogP contribution in [0.1, 0.15) is 32.8 Å². The van der Waals surface area contributed by atoms with E-state index in [9.17, 15) is 0 Å². The molecule has 0 aliphatic rings. The second-order valence-electron chi connectivity index (χ2n) is 4.38. The molecular formula is C13H19BrN2S. The molecule has 0 aromatic heterocycles. The van der Waals surface area contributed by atoms with E-state index in [2.05, 4.69) is 42.0 Å². The van der Waals surface area contributed by atoms with E-state index in [0.29, 0.717) is 16.9 Å². The summed E-state index contributed by atoms with van der Waals surface area (Å²) in [6, 6.07) is 6.34. The number of anilines is 1. The van der Waals surface area contributed by atoms with E-state index in [0.717, 1.165) is 22.1 Å². The van der Waals surface area contributed by atoms with Crippen LogP contribution < -0.4 is 11.1 Å². The maximum Gasteiger partial charge on any atom is 0.104 e. The van der Waals surface area contributed by atoms with E-state index in [4.69, 9.17) is 18.0 Å². The Morgan fingerprint density at radius 3 is 2.59 bits per heavy atom. The van der Waals surface area contributed by atoms with Gasteiger partial charge in [0, 0.05) is 21.8 Å². The van der Waals surface area contributed by atoms with Crippen molar-refractivity contribution in [3.05, 3.63) is 28.2 Å². The summed E-state index contributed by atoms with van der Waals surface area (Å²) in [6.07, 6.45) is 1.16. The molecule has 0 bridgehead atoms. The SMILES string of the molecule is CCC(C)C(C)Nc1ccc(C(N)=S)cc1Br. The first-order valence-corrected chi connectivity index (χ1v) is 7.01. The summed E-state index contributed by atoms with van der Waals surface area (Å²) >= 11 is 8.49. The van der Waals surface area contributed by atoms with Gasteiger partial charge in [0.2, 0.25) is 0 Å². The quantitative estimate of drug-likeness (QED) is 0.809. The number of thiocarbonyl (C=S) groups is 1. The van der Waals surface area contributed by atoms with Gasteiger partial charge in [0.15, 0.2) is 0 Å². The molecule has 3 N–H and O–H groups in total. The number of hydrogen-bond donors (Lipinski definition) is 2. The van der Waals surface area contributed by atoms with Gasteiger partial charge in [0.05, 0.1) is 0 Å². The molecule has 0 aliphatic heterocycles. The van der Waals surface area contributed by atoms with Crippen LogP contribution in [0.4, 0.5) is 5.69 Å². The fourth-order valence-electron chi connectivity index (χ4n) is 1.53. The Bertz CT molecular complexity index is 406. The van der Waals surface area contributed by atoms with Crippen molar-refractivity contribution in [2.75, 3.05) is 5.32 Å². The molecule has 0 aliphatic carbocycles. The molecule has 0 heterocycles. The van der Waals surface area contributed by atoms with Gasteiger partial charge in [0.25, 0.3) is 0 Å². The topological polar surface area (TPSA) is 38.0 Å². The molecule has 1 aromatic rings. The highest BCUT2D eigenvalue weighted by atomic mass is 79.9. The Kier molecular flexibility index (Phi) is 5.40. The third kappa shape index (κ3) is 3.96. The number of benzene rings is 1. The average molecular weight is 315 g/mol. The van der Waals surface area contributed by atoms with Gasteiger partial charge in [-0.2, -0.15) is 0 Å². The van der Waals surface area contributed by atoms with Gasteiger partial charge >= 0.3 is 0 Å². The Balaban J connectivity index is 2.82. The van der Waals surface area contributed by atoms with Crippen LogP contribution in [-0.2, 0) is 0 Å². The predicted molar refractivity (Wildman–Crippen MR) is 82.6 cm³/mol. The number of nitrogens with one attached hydrogen (secondary N) is 1. The number of hydrogen-bond acceptors (Lipinski definition) is 2. The molecule has 2 nitrogen and oxygen atoms in total. The molecule has 1 rings (SSSR count). The van der Waals surface area contributed by atoms with Gasteiger partial charge < -0.3 is 11.1 Å². The zero-order valence-electron chi connectivity index (χ0n) is 10.5. The summed E-state index contributed by atoms with van der Waals surface area (Å²) < 4.78 is 0.998. The second-order valence-corrected chi connectivity index (χ2v) is 5.67. The van der Waals surface area contributed by atoms with Crippen LogP contribution in [0.25, 0.3) is 0 Å². The van der Waals surface area contributed by atoms with Crippen molar-refractivity contribution in [1.82, 2.24) is 0 Å². The minimum atomic E-state index is 0.423. The van der Waals surface area contributed by atoms with Crippen LogP contribution in [0.15, 0.2) is 22.7 Å². The number of nitrogens with two attached hydrogens (primary N) is 1. The molecule has 0 radical (unpaired) electrons. The first kappa shape index (κ1) is 14.5. The van der Waals surface area contributed by atoms with E-state index in [1.54, 1.807) is 0 Å². The largest absolute Gasteiger partial charge is 0.389 e. The summed E-state index contributed by atoms with van der Waals surface area (Å²) in [5.74, 6) is 0.636. The molecule has 1 aromatic carbocycles. The van der Waals surface area contributed by atoms with Crippen molar-refractivity contribution >= 4 is 38.8 Å². The lowest BCUT2D eigenvalue weighted by atomic mass is 10.0. The summed E-state index contributed by atoms with van der Waals surface area (Å²) in [5, 5.41) is 3.50. The zero-order chi connectivity index (χ0) is 13.0. The molecule has 2 atom stereocenters. The Hall–Kier alpha value is -0.610. The summed E-state index contributed by atoms with van der Waals surface area (Å²) in [4.78, 5) is 0.423. The van der Waals surface area contributed by atoms with Crippen molar-refractivity contribution in [1.29, 1.82) is 0 Å². The highest BCUT2D eigenvalue weighted by Crippen LogP contribution is 2.25. The van der Waals surface area contributed by atoms with Crippen LogP contribution in [0.5, 0.6) is 0 Å². The van der Waals surface area contributed by atoms with Gasteiger partial charge in [-0.15, -0.1) is 0 Å². The van der Waals surface area contributed by atoms with E-state index < -0.39 is 0 Å². The van der Waals surface area contributed by atoms with Gasteiger partial charge in [0.1, 0.15) is 4.99 Å².